The largest absolute Gasteiger partial charge is 0.465 e. The SMILES string of the molecule is CCCCOC(=O)CN(C)CCN1CCNCC1. The van der Waals surface area contributed by atoms with E-state index in [0.717, 1.165) is 52.1 Å². The zero-order valence-corrected chi connectivity index (χ0v) is 11.8. The Morgan fingerprint density at radius 2 is 2.11 bits per heavy atom. The third-order valence-electron chi connectivity index (χ3n) is 3.17. The number of rotatable bonds is 8. The number of hydrogen-bond acceptors (Lipinski definition) is 5. The summed E-state index contributed by atoms with van der Waals surface area (Å²) >= 11 is 0. The fourth-order valence-corrected chi connectivity index (χ4v) is 1.92. The van der Waals surface area contributed by atoms with Crippen LogP contribution in [0.5, 0.6) is 0 Å². The van der Waals surface area contributed by atoms with Crippen LogP contribution in [0.2, 0.25) is 0 Å². The molecule has 1 rings (SSSR count). The molecule has 1 aliphatic rings. The van der Waals surface area contributed by atoms with Crippen molar-refractivity contribution < 1.29 is 9.53 Å². The summed E-state index contributed by atoms with van der Waals surface area (Å²) in [5.74, 6) is -0.105. The quantitative estimate of drug-likeness (QED) is 0.496. The molecular weight excluding hydrogens is 230 g/mol. The molecule has 0 radical (unpaired) electrons. The average Bonchev–Trinajstić information content (AvgIpc) is 2.38. The van der Waals surface area contributed by atoms with Gasteiger partial charge < -0.3 is 10.1 Å². The molecule has 0 aromatic heterocycles. The number of carbonyl (C=O) groups is 1. The first-order chi connectivity index (χ1) is 8.72. The Labute approximate surface area is 110 Å². The van der Waals surface area contributed by atoms with E-state index in [4.69, 9.17) is 4.74 Å². The number of unbranched alkanes of at least 4 members (excludes halogenated alkanes) is 1. The molecule has 1 saturated heterocycles. The van der Waals surface area contributed by atoms with Gasteiger partial charge in [-0.15, -0.1) is 0 Å². The lowest BCUT2D eigenvalue weighted by molar-refractivity contribution is -0.144. The van der Waals surface area contributed by atoms with Crippen molar-refractivity contribution in [3.05, 3.63) is 0 Å². The maximum Gasteiger partial charge on any atom is 0.320 e. The van der Waals surface area contributed by atoms with E-state index < -0.39 is 0 Å². The van der Waals surface area contributed by atoms with Crippen LogP contribution in [0.1, 0.15) is 19.8 Å². The van der Waals surface area contributed by atoms with Gasteiger partial charge in [-0.3, -0.25) is 14.6 Å². The molecule has 5 nitrogen and oxygen atoms in total. The van der Waals surface area contributed by atoms with E-state index in [9.17, 15) is 4.79 Å². The second-order valence-electron chi connectivity index (χ2n) is 4.90. The van der Waals surface area contributed by atoms with Crippen molar-refractivity contribution >= 4 is 5.97 Å². The molecule has 0 amide bonds. The lowest BCUT2D eigenvalue weighted by Crippen LogP contribution is -2.46. The summed E-state index contributed by atoms with van der Waals surface area (Å²) in [7, 11) is 1.98. The van der Waals surface area contributed by atoms with Crippen LogP contribution in [-0.4, -0.2) is 75.2 Å². The van der Waals surface area contributed by atoms with Gasteiger partial charge in [0, 0.05) is 39.3 Å². The highest BCUT2D eigenvalue weighted by Crippen LogP contribution is 1.94. The fraction of sp³-hybridized carbons (Fsp3) is 0.923. The average molecular weight is 257 g/mol. The summed E-state index contributed by atoms with van der Waals surface area (Å²) in [6, 6.07) is 0. The Morgan fingerprint density at radius 3 is 2.78 bits per heavy atom. The van der Waals surface area contributed by atoms with Gasteiger partial charge in [-0.25, -0.2) is 0 Å². The van der Waals surface area contributed by atoms with E-state index in [1.165, 1.54) is 0 Å². The van der Waals surface area contributed by atoms with E-state index >= 15 is 0 Å². The standard InChI is InChI=1S/C13H27N3O2/c1-3-4-11-18-13(17)12-15(2)9-10-16-7-5-14-6-8-16/h14H,3-12H2,1-2H3. The number of carbonyl (C=O) groups excluding carboxylic acids is 1. The van der Waals surface area contributed by atoms with E-state index in [2.05, 4.69) is 17.1 Å². The summed E-state index contributed by atoms with van der Waals surface area (Å²) in [5.41, 5.74) is 0. The summed E-state index contributed by atoms with van der Waals surface area (Å²) in [4.78, 5) is 16.0. The Hall–Kier alpha value is -0.650. The number of nitrogens with zero attached hydrogens (tertiary/aromatic N) is 2. The zero-order chi connectivity index (χ0) is 13.2. The molecule has 0 aromatic carbocycles. The van der Waals surface area contributed by atoms with Gasteiger partial charge in [0.15, 0.2) is 0 Å². The topological polar surface area (TPSA) is 44.8 Å². The molecule has 5 heteroatoms. The summed E-state index contributed by atoms with van der Waals surface area (Å²) in [6.07, 6.45) is 2.02. The Bertz CT molecular complexity index is 230. The Morgan fingerprint density at radius 1 is 1.39 bits per heavy atom. The van der Waals surface area contributed by atoms with E-state index in [0.29, 0.717) is 13.2 Å². The molecule has 1 heterocycles. The Balaban J connectivity index is 2.04. The molecule has 0 aromatic rings. The molecule has 0 unspecified atom stereocenters. The molecule has 0 saturated carbocycles. The first-order valence-corrected chi connectivity index (χ1v) is 6.99. The van der Waals surface area contributed by atoms with Crippen molar-refractivity contribution in [3.8, 4) is 0 Å². The molecule has 18 heavy (non-hydrogen) atoms. The van der Waals surface area contributed by atoms with Gasteiger partial charge in [-0.2, -0.15) is 0 Å². The normalized spacial score (nSPS) is 17.1. The highest BCUT2D eigenvalue weighted by molar-refractivity contribution is 5.71. The lowest BCUT2D eigenvalue weighted by Gasteiger charge is -2.28. The molecule has 1 aliphatic heterocycles. The zero-order valence-electron chi connectivity index (χ0n) is 11.8. The van der Waals surface area contributed by atoms with Gasteiger partial charge in [0.25, 0.3) is 0 Å². The van der Waals surface area contributed by atoms with Gasteiger partial charge in [-0.1, -0.05) is 13.3 Å². The van der Waals surface area contributed by atoms with Crippen LogP contribution >= 0.6 is 0 Å². The number of nitrogens with one attached hydrogen (secondary N) is 1. The van der Waals surface area contributed by atoms with Gasteiger partial charge >= 0.3 is 5.97 Å². The molecule has 106 valence electrons. The highest BCUT2D eigenvalue weighted by Gasteiger charge is 2.12. The van der Waals surface area contributed by atoms with Crippen molar-refractivity contribution in [2.75, 3.05) is 59.5 Å². The number of piperazine rings is 1. The van der Waals surface area contributed by atoms with Crippen LogP contribution in [0.4, 0.5) is 0 Å². The predicted octanol–water partition coefficient (Wildman–Crippen LogP) is 0.167. The number of hydrogen-bond donors (Lipinski definition) is 1. The number of ether oxygens (including phenoxy) is 1. The maximum absolute atomic E-state index is 11.5. The van der Waals surface area contributed by atoms with Crippen molar-refractivity contribution in [1.82, 2.24) is 15.1 Å². The van der Waals surface area contributed by atoms with E-state index in [1.54, 1.807) is 0 Å². The van der Waals surface area contributed by atoms with Crippen LogP contribution in [0.25, 0.3) is 0 Å². The van der Waals surface area contributed by atoms with Gasteiger partial charge in [0.2, 0.25) is 0 Å². The third kappa shape index (κ3) is 6.93. The highest BCUT2D eigenvalue weighted by atomic mass is 16.5. The second-order valence-corrected chi connectivity index (χ2v) is 4.90. The lowest BCUT2D eigenvalue weighted by atomic mass is 10.3. The van der Waals surface area contributed by atoms with Crippen LogP contribution in [-0.2, 0) is 9.53 Å². The van der Waals surface area contributed by atoms with Gasteiger partial charge in [0.05, 0.1) is 13.2 Å². The molecule has 0 aliphatic carbocycles. The smallest absolute Gasteiger partial charge is 0.320 e. The van der Waals surface area contributed by atoms with E-state index in [1.807, 2.05) is 11.9 Å². The van der Waals surface area contributed by atoms with Crippen LogP contribution < -0.4 is 5.32 Å². The Kier molecular flexibility index (Phi) is 7.96. The monoisotopic (exact) mass is 257 g/mol. The molecule has 1 N–H and O–H groups in total. The molecule has 0 spiro atoms. The maximum atomic E-state index is 11.5. The fourth-order valence-electron chi connectivity index (χ4n) is 1.92. The molecular formula is C13H27N3O2. The third-order valence-corrected chi connectivity index (χ3v) is 3.17. The minimum absolute atomic E-state index is 0.105. The minimum atomic E-state index is -0.105. The van der Waals surface area contributed by atoms with Crippen LogP contribution in [0.15, 0.2) is 0 Å². The number of likely N-dealkylation sites (N-methyl/N-ethyl adjacent to an activating group) is 1. The summed E-state index contributed by atoms with van der Waals surface area (Å²) in [6.45, 7) is 9.35. The van der Waals surface area contributed by atoms with Crippen LogP contribution in [0, 0.1) is 0 Å². The first kappa shape index (κ1) is 15.4. The number of esters is 1. The van der Waals surface area contributed by atoms with Crippen molar-refractivity contribution in [2.45, 2.75) is 19.8 Å². The minimum Gasteiger partial charge on any atom is -0.465 e. The van der Waals surface area contributed by atoms with Gasteiger partial charge in [0.1, 0.15) is 0 Å². The summed E-state index contributed by atoms with van der Waals surface area (Å²) < 4.78 is 5.14. The van der Waals surface area contributed by atoms with Gasteiger partial charge in [-0.05, 0) is 13.5 Å². The van der Waals surface area contributed by atoms with Crippen LogP contribution in [0.3, 0.4) is 0 Å². The molecule has 1 fully saturated rings. The molecule has 0 bridgehead atoms. The predicted molar refractivity (Wildman–Crippen MR) is 72.7 cm³/mol. The van der Waals surface area contributed by atoms with Crippen molar-refractivity contribution in [1.29, 1.82) is 0 Å². The van der Waals surface area contributed by atoms with Crippen molar-refractivity contribution in [3.63, 3.8) is 0 Å². The first-order valence-electron chi connectivity index (χ1n) is 6.99. The van der Waals surface area contributed by atoms with E-state index in [-0.39, 0.29) is 5.97 Å². The summed E-state index contributed by atoms with van der Waals surface area (Å²) in [5, 5.41) is 3.33. The molecule has 0 atom stereocenters. The second kappa shape index (κ2) is 9.30. The van der Waals surface area contributed by atoms with Crippen molar-refractivity contribution in [2.24, 2.45) is 0 Å².